The van der Waals surface area contributed by atoms with Crippen LogP contribution in [0.15, 0.2) is 24.3 Å². The summed E-state index contributed by atoms with van der Waals surface area (Å²) in [6.45, 7) is 19.9. The second kappa shape index (κ2) is 8.85. The summed E-state index contributed by atoms with van der Waals surface area (Å²) in [5.41, 5.74) is 1.14. The summed E-state index contributed by atoms with van der Waals surface area (Å²) in [7, 11) is -8.19. The van der Waals surface area contributed by atoms with E-state index in [2.05, 4.69) is 65.0 Å². The molecule has 1 N–H and O–H groups in total. The Morgan fingerprint density at radius 2 is 1.23 bits per heavy atom. The van der Waals surface area contributed by atoms with Crippen molar-refractivity contribution >= 4 is 33.8 Å². The average molecular weight is 431 g/mol. The first-order valence-electron chi connectivity index (χ1n) is 9.48. The third-order valence-electron chi connectivity index (χ3n) is 3.24. The zero-order valence-corrected chi connectivity index (χ0v) is 22.1. The molecule has 0 aliphatic heterocycles. The zero-order chi connectivity index (χ0) is 20.2. The van der Waals surface area contributed by atoms with Gasteiger partial charge in [-0.25, -0.2) is 0 Å². The Bertz CT molecular complexity index is 533. The van der Waals surface area contributed by atoms with Crippen LogP contribution in [0.3, 0.4) is 0 Å². The molecule has 0 amide bonds. The van der Waals surface area contributed by atoms with E-state index in [1.807, 2.05) is 12.1 Å². The molecule has 0 bridgehead atoms. The largest absolute Gasteiger partial charge is 0.508 e. The van der Waals surface area contributed by atoms with E-state index in [0.717, 1.165) is 24.4 Å². The second-order valence-corrected chi connectivity index (χ2v) is 26.8. The molecule has 0 radical (unpaired) electrons. The van der Waals surface area contributed by atoms with Gasteiger partial charge in [0.05, 0.1) is 0 Å². The lowest BCUT2D eigenvalue weighted by Gasteiger charge is -2.43. The molecule has 0 saturated heterocycles. The first-order chi connectivity index (χ1) is 11.6. The van der Waals surface area contributed by atoms with Gasteiger partial charge in [0.2, 0.25) is 0 Å². The molecule has 150 valence electrons. The Labute approximate surface area is 164 Å². The molecule has 4 nitrogen and oxygen atoms in total. The summed E-state index contributed by atoms with van der Waals surface area (Å²) in [5, 5.41) is 9.68. The van der Waals surface area contributed by atoms with Gasteiger partial charge in [-0.1, -0.05) is 12.1 Å². The van der Waals surface area contributed by atoms with Crippen molar-refractivity contribution in [2.45, 2.75) is 77.8 Å². The highest BCUT2D eigenvalue weighted by Crippen LogP contribution is 2.30. The highest BCUT2D eigenvalue weighted by Gasteiger charge is 2.49. The van der Waals surface area contributed by atoms with Crippen LogP contribution in [-0.4, -0.2) is 38.9 Å². The SMILES string of the molecule is C[Si](C)(C)O[Si](CCCc1cccc(O)c1)(O[Si](C)(C)C)O[Si](C)(C)C. The fourth-order valence-electron chi connectivity index (χ4n) is 2.84. The highest BCUT2D eigenvalue weighted by molar-refractivity contribution is 6.90. The summed E-state index contributed by atoms with van der Waals surface area (Å²) in [5.74, 6) is 0.320. The van der Waals surface area contributed by atoms with E-state index in [1.54, 1.807) is 6.07 Å². The summed E-state index contributed by atoms with van der Waals surface area (Å²) < 4.78 is 20.1. The number of phenols is 1. The van der Waals surface area contributed by atoms with E-state index in [4.69, 9.17) is 12.3 Å². The molecule has 1 aromatic rings. The van der Waals surface area contributed by atoms with Crippen LogP contribution in [0.2, 0.25) is 65.0 Å². The highest BCUT2D eigenvalue weighted by atomic mass is 28.5. The third-order valence-corrected chi connectivity index (χ3v) is 15.3. The fourth-order valence-corrected chi connectivity index (χ4v) is 17.5. The first kappa shape index (κ1) is 23.8. The smallest absolute Gasteiger partial charge is 0.469 e. The number of aromatic hydroxyl groups is 1. The molecule has 0 aromatic heterocycles. The molecule has 0 unspecified atom stereocenters. The van der Waals surface area contributed by atoms with E-state index >= 15 is 0 Å². The Morgan fingerprint density at radius 1 is 0.769 bits per heavy atom. The van der Waals surface area contributed by atoms with Gasteiger partial charge in [0.15, 0.2) is 25.0 Å². The Morgan fingerprint density at radius 3 is 1.62 bits per heavy atom. The van der Waals surface area contributed by atoms with Crippen molar-refractivity contribution in [2.75, 3.05) is 0 Å². The van der Waals surface area contributed by atoms with Gasteiger partial charge in [-0.2, -0.15) is 0 Å². The number of rotatable bonds is 10. The van der Waals surface area contributed by atoms with Crippen LogP contribution in [0, 0.1) is 0 Å². The average Bonchev–Trinajstić information content (AvgIpc) is 2.31. The van der Waals surface area contributed by atoms with Crippen molar-refractivity contribution in [1.82, 2.24) is 0 Å². The summed E-state index contributed by atoms with van der Waals surface area (Å²) >= 11 is 0. The maximum Gasteiger partial charge on any atom is 0.469 e. The van der Waals surface area contributed by atoms with Gasteiger partial charge < -0.3 is 17.5 Å². The van der Waals surface area contributed by atoms with Gasteiger partial charge in [-0.3, -0.25) is 0 Å². The van der Waals surface area contributed by atoms with E-state index in [9.17, 15) is 5.11 Å². The number of phenolic OH excluding ortho intramolecular Hbond substituents is 1. The molecule has 0 atom stereocenters. The molecule has 0 heterocycles. The molecule has 0 spiro atoms. The summed E-state index contributed by atoms with van der Waals surface area (Å²) in [6, 6.07) is 8.33. The van der Waals surface area contributed by atoms with Crippen LogP contribution in [-0.2, 0) is 18.8 Å². The minimum absolute atomic E-state index is 0.320. The van der Waals surface area contributed by atoms with Crippen LogP contribution >= 0.6 is 0 Å². The summed E-state index contributed by atoms with van der Waals surface area (Å²) in [6.07, 6.45) is 1.83. The predicted molar refractivity (Wildman–Crippen MR) is 120 cm³/mol. The van der Waals surface area contributed by atoms with Crippen molar-refractivity contribution in [1.29, 1.82) is 0 Å². The minimum atomic E-state index is -2.75. The predicted octanol–water partition coefficient (Wildman–Crippen LogP) is 5.82. The van der Waals surface area contributed by atoms with Crippen molar-refractivity contribution in [3.8, 4) is 5.75 Å². The van der Waals surface area contributed by atoms with E-state index in [0.29, 0.717) is 5.75 Å². The molecule has 26 heavy (non-hydrogen) atoms. The van der Waals surface area contributed by atoms with Crippen LogP contribution in [0.4, 0.5) is 0 Å². The summed E-state index contributed by atoms with van der Waals surface area (Å²) in [4.78, 5) is 0. The third kappa shape index (κ3) is 10.2. The number of hydrogen-bond donors (Lipinski definition) is 1. The molecular weight excluding hydrogens is 393 g/mol. The van der Waals surface area contributed by atoms with Crippen molar-refractivity contribution in [3.63, 3.8) is 0 Å². The fraction of sp³-hybridized carbons (Fsp3) is 0.667. The molecule has 1 aromatic carbocycles. The van der Waals surface area contributed by atoms with Crippen LogP contribution < -0.4 is 0 Å². The van der Waals surface area contributed by atoms with Crippen LogP contribution in [0.1, 0.15) is 12.0 Å². The van der Waals surface area contributed by atoms with Gasteiger partial charge in [-0.05, 0) is 89.5 Å². The topological polar surface area (TPSA) is 47.9 Å². The Kier molecular flexibility index (Phi) is 8.10. The first-order valence-corrected chi connectivity index (χ1v) is 21.6. The van der Waals surface area contributed by atoms with E-state index < -0.39 is 33.8 Å². The van der Waals surface area contributed by atoms with E-state index in [1.165, 1.54) is 0 Å². The number of aryl methyl sites for hydroxylation is 1. The second-order valence-electron chi connectivity index (χ2n) is 9.85. The molecule has 0 aliphatic carbocycles. The van der Waals surface area contributed by atoms with Gasteiger partial charge in [0.25, 0.3) is 0 Å². The van der Waals surface area contributed by atoms with Gasteiger partial charge >= 0.3 is 8.80 Å². The van der Waals surface area contributed by atoms with Crippen molar-refractivity contribution in [2.24, 2.45) is 0 Å². The molecule has 0 aliphatic rings. The van der Waals surface area contributed by atoms with Crippen molar-refractivity contribution < 1.29 is 17.5 Å². The lowest BCUT2D eigenvalue weighted by Crippen LogP contribution is -2.60. The maximum atomic E-state index is 9.68. The normalized spacial score (nSPS) is 13.9. The zero-order valence-electron chi connectivity index (χ0n) is 18.1. The Balaban J connectivity index is 3.02. The minimum Gasteiger partial charge on any atom is -0.508 e. The standard InChI is InChI=1S/C18H38O4Si4/c1-23(2,3)20-26(21-24(4,5)6,22-25(7,8)9)15-11-13-17-12-10-14-18(19)16-17/h10,12,14,16,19H,11,13,15H2,1-9H3. The van der Waals surface area contributed by atoms with Gasteiger partial charge in [0.1, 0.15) is 5.75 Å². The molecular formula is C18H38O4Si4. The van der Waals surface area contributed by atoms with E-state index in [-0.39, 0.29) is 0 Å². The van der Waals surface area contributed by atoms with Crippen LogP contribution in [0.25, 0.3) is 0 Å². The molecule has 8 heteroatoms. The lowest BCUT2D eigenvalue weighted by molar-refractivity contribution is 0.250. The Hall–Kier alpha value is -0.232. The van der Waals surface area contributed by atoms with Crippen LogP contribution in [0.5, 0.6) is 5.75 Å². The molecule has 0 saturated carbocycles. The number of benzene rings is 1. The molecule has 0 fully saturated rings. The van der Waals surface area contributed by atoms with Gasteiger partial charge in [0, 0.05) is 6.04 Å². The van der Waals surface area contributed by atoms with Gasteiger partial charge in [-0.15, -0.1) is 0 Å². The number of hydrogen-bond acceptors (Lipinski definition) is 4. The monoisotopic (exact) mass is 430 g/mol. The lowest BCUT2D eigenvalue weighted by atomic mass is 10.1. The quantitative estimate of drug-likeness (QED) is 0.475. The van der Waals surface area contributed by atoms with Crippen molar-refractivity contribution in [3.05, 3.63) is 29.8 Å². The maximum absolute atomic E-state index is 9.68. The molecule has 1 rings (SSSR count).